The molecule has 1 N–H and O–H groups in total. The molecule has 116 valence electrons. The average Bonchev–Trinajstić information content (AvgIpc) is 2.99. The minimum Gasteiger partial charge on any atom is -0.396 e. The predicted molar refractivity (Wildman–Crippen MR) is 83.1 cm³/mol. The van der Waals surface area contributed by atoms with Crippen molar-refractivity contribution in [2.75, 3.05) is 32.9 Å². The first kappa shape index (κ1) is 14.8. The Labute approximate surface area is 129 Å². The summed E-state index contributed by atoms with van der Waals surface area (Å²) in [6, 6.07) is 11.5. The van der Waals surface area contributed by atoms with E-state index in [1.54, 1.807) is 4.90 Å². The van der Waals surface area contributed by atoms with Crippen molar-refractivity contribution in [3.63, 3.8) is 0 Å². The molecule has 0 saturated carbocycles. The van der Waals surface area contributed by atoms with Gasteiger partial charge in [0.15, 0.2) is 0 Å². The summed E-state index contributed by atoms with van der Waals surface area (Å²) in [5, 5.41) is 9.31. The van der Waals surface area contributed by atoms with Gasteiger partial charge in [0.25, 0.3) is 5.91 Å². The second-order valence-corrected chi connectivity index (χ2v) is 5.51. The van der Waals surface area contributed by atoms with Crippen molar-refractivity contribution in [3.8, 4) is 5.69 Å². The molecule has 0 radical (unpaired) electrons. The van der Waals surface area contributed by atoms with Gasteiger partial charge in [0.2, 0.25) is 0 Å². The minimum atomic E-state index is -0.0111. The number of aliphatic hydroxyl groups is 1. The summed E-state index contributed by atoms with van der Waals surface area (Å²) < 4.78 is 7.42. The zero-order chi connectivity index (χ0) is 15.4. The molecule has 1 aliphatic rings. The van der Waals surface area contributed by atoms with Gasteiger partial charge in [-0.1, -0.05) is 0 Å². The zero-order valence-corrected chi connectivity index (χ0v) is 12.4. The molecule has 3 rings (SSSR count). The number of nitrogens with zero attached hydrogens (tertiary/aromatic N) is 2. The normalized spacial score (nSPS) is 19.0. The molecule has 2 aromatic rings. The van der Waals surface area contributed by atoms with E-state index in [-0.39, 0.29) is 18.4 Å². The first-order valence-electron chi connectivity index (χ1n) is 7.49. The van der Waals surface area contributed by atoms with Gasteiger partial charge in [-0.25, -0.2) is 0 Å². The lowest BCUT2D eigenvalue weighted by Gasteiger charge is -2.22. The van der Waals surface area contributed by atoms with Crippen LogP contribution in [0.5, 0.6) is 0 Å². The van der Waals surface area contributed by atoms with Crippen molar-refractivity contribution in [2.45, 2.75) is 0 Å². The molecule has 5 heteroatoms. The highest BCUT2D eigenvalue weighted by Gasteiger charge is 2.22. The third-order valence-corrected chi connectivity index (χ3v) is 3.90. The molecule has 22 heavy (non-hydrogen) atoms. The van der Waals surface area contributed by atoms with Gasteiger partial charge in [0.1, 0.15) is 0 Å². The molecule has 1 amide bonds. The molecule has 1 fully saturated rings. The first-order chi connectivity index (χ1) is 10.8. The summed E-state index contributed by atoms with van der Waals surface area (Å²) >= 11 is 0. The largest absolute Gasteiger partial charge is 0.396 e. The number of carbonyl (C=O) groups is 1. The standard InChI is InChI=1S/C17H20N2O3/c20-12-14-11-19(9-10-22-13-14)17(21)15-3-5-16(6-4-15)18-7-1-2-8-18/h1-8,14,20H,9-13H2. The molecule has 1 aromatic carbocycles. The summed E-state index contributed by atoms with van der Waals surface area (Å²) in [5.74, 6) is -0.0198. The summed E-state index contributed by atoms with van der Waals surface area (Å²) in [6.07, 6.45) is 3.93. The van der Waals surface area contributed by atoms with Crippen LogP contribution in [0.2, 0.25) is 0 Å². The van der Waals surface area contributed by atoms with E-state index < -0.39 is 0 Å². The molecular weight excluding hydrogens is 280 g/mol. The number of benzene rings is 1. The Kier molecular flexibility index (Phi) is 4.56. The SMILES string of the molecule is O=C(c1ccc(-n2cccc2)cc1)N1CCOCC(CO)C1. The Hall–Kier alpha value is -2.11. The fraction of sp³-hybridized carbons (Fsp3) is 0.353. The van der Waals surface area contributed by atoms with Crippen LogP contribution in [0.15, 0.2) is 48.8 Å². The molecule has 0 aliphatic carbocycles. The van der Waals surface area contributed by atoms with Gasteiger partial charge in [-0.2, -0.15) is 0 Å². The fourth-order valence-corrected chi connectivity index (χ4v) is 2.64. The molecule has 0 bridgehead atoms. The second-order valence-electron chi connectivity index (χ2n) is 5.51. The lowest BCUT2D eigenvalue weighted by atomic mass is 10.1. The number of hydrogen-bond donors (Lipinski definition) is 1. The third-order valence-electron chi connectivity index (χ3n) is 3.90. The maximum atomic E-state index is 12.6. The Balaban J connectivity index is 1.74. The molecule has 1 aliphatic heterocycles. The van der Waals surface area contributed by atoms with Gasteiger partial charge in [-0.05, 0) is 36.4 Å². The number of ether oxygens (including phenoxy) is 1. The first-order valence-corrected chi connectivity index (χ1v) is 7.49. The third kappa shape index (κ3) is 3.21. The smallest absolute Gasteiger partial charge is 0.253 e. The highest BCUT2D eigenvalue weighted by atomic mass is 16.5. The van der Waals surface area contributed by atoms with Crippen LogP contribution in [0.1, 0.15) is 10.4 Å². The van der Waals surface area contributed by atoms with E-state index in [1.807, 2.05) is 53.4 Å². The van der Waals surface area contributed by atoms with Gasteiger partial charge in [0.05, 0.1) is 13.2 Å². The van der Waals surface area contributed by atoms with Gasteiger partial charge in [-0.15, -0.1) is 0 Å². The van der Waals surface area contributed by atoms with Crippen molar-refractivity contribution in [1.82, 2.24) is 9.47 Å². The Morgan fingerprint density at radius 3 is 2.64 bits per heavy atom. The van der Waals surface area contributed by atoms with E-state index in [0.717, 1.165) is 5.69 Å². The van der Waals surface area contributed by atoms with Gasteiger partial charge in [-0.3, -0.25) is 4.79 Å². The van der Waals surface area contributed by atoms with E-state index >= 15 is 0 Å². The lowest BCUT2D eigenvalue weighted by molar-refractivity contribution is 0.0728. The van der Waals surface area contributed by atoms with Crippen molar-refractivity contribution in [3.05, 3.63) is 54.4 Å². The van der Waals surface area contributed by atoms with E-state index in [1.165, 1.54) is 0 Å². The van der Waals surface area contributed by atoms with Gasteiger partial charge in [0, 0.05) is 49.3 Å². The maximum absolute atomic E-state index is 12.6. The Morgan fingerprint density at radius 2 is 1.95 bits per heavy atom. The summed E-state index contributed by atoms with van der Waals surface area (Å²) in [4.78, 5) is 14.4. The van der Waals surface area contributed by atoms with Crippen LogP contribution in [-0.2, 0) is 4.74 Å². The van der Waals surface area contributed by atoms with Crippen LogP contribution in [0.4, 0.5) is 0 Å². The topological polar surface area (TPSA) is 54.7 Å². The van der Waals surface area contributed by atoms with E-state index in [2.05, 4.69) is 0 Å². The molecule has 0 spiro atoms. The van der Waals surface area contributed by atoms with Crippen molar-refractivity contribution < 1.29 is 14.6 Å². The number of hydrogen-bond acceptors (Lipinski definition) is 3. The van der Waals surface area contributed by atoms with Crippen LogP contribution >= 0.6 is 0 Å². The van der Waals surface area contributed by atoms with Crippen LogP contribution in [-0.4, -0.2) is 53.4 Å². The molecule has 1 aromatic heterocycles. The van der Waals surface area contributed by atoms with Crippen molar-refractivity contribution >= 4 is 5.91 Å². The molecule has 1 saturated heterocycles. The van der Waals surface area contributed by atoms with Crippen molar-refractivity contribution in [1.29, 1.82) is 0 Å². The van der Waals surface area contributed by atoms with E-state index in [9.17, 15) is 9.90 Å². The summed E-state index contributed by atoms with van der Waals surface area (Å²) in [7, 11) is 0. The highest BCUT2D eigenvalue weighted by molar-refractivity contribution is 5.94. The van der Waals surface area contributed by atoms with E-state index in [4.69, 9.17) is 4.74 Å². The number of rotatable bonds is 3. The van der Waals surface area contributed by atoms with Crippen LogP contribution in [0.25, 0.3) is 5.69 Å². The number of carbonyl (C=O) groups excluding carboxylic acids is 1. The van der Waals surface area contributed by atoms with E-state index in [0.29, 0.717) is 31.9 Å². The average molecular weight is 300 g/mol. The number of aliphatic hydroxyl groups excluding tert-OH is 1. The van der Waals surface area contributed by atoms with Gasteiger partial charge >= 0.3 is 0 Å². The monoisotopic (exact) mass is 300 g/mol. The fourth-order valence-electron chi connectivity index (χ4n) is 2.64. The zero-order valence-electron chi connectivity index (χ0n) is 12.4. The van der Waals surface area contributed by atoms with Crippen molar-refractivity contribution in [2.24, 2.45) is 5.92 Å². The minimum absolute atomic E-state index is 0.00871. The Morgan fingerprint density at radius 1 is 1.23 bits per heavy atom. The summed E-state index contributed by atoms with van der Waals surface area (Å²) in [5.41, 5.74) is 1.68. The van der Waals surface area contributed by atoms with Gasteiger partial charge < -0.3 is 19.3 Å². The number of aromatic nitrogens is 1. The molecule has 1 atom stereocenters. The van der Waals surface area contributed by atoms with Crippen LogP contribution in [0.3, 0.4) is 0 Å². The Bertz CT molecular complexity index is 607. The highest BCUT2D eigenvalue weighted by Crippen LogP contribution is 2.14. The number of amides is 1. The lowest BCUT2D eigenvalue weighted by Crippen LogP contribution is -2.36. The molecule has 5 nitrogen and oxygen atoms in total. The second kappa shape index (κ2) is 6.77. The van der Waals surface area contributed by atoms with Crippen LogP contribution < -0.4 is 0 Å². The predicted octanol–water partition coefficient (Wildman–Crippen LogP) is 1.56. The quantitative estimate of drug-likeness (QED) is 0.936. The molecule has 1 unspecified atom stereocenters. The molecular formula is C17H20N2O3. The maximum Gasteiger partial charge on any atom is 0.253 e. The summed E-state index contributed by atoms with van der Waals surface area (Å²) in [6.45, 7) is 2.16. The van der Waals surface area contributed by atoms with Crippen LogP contribution in [0, 0.1) is 5.92 Å². The molecule has 2 heterocycles.